The number of aromatic nitrogens is 4. The minimum Gasteiger partial charge on any atom is -0.458 e. The standard InChI is InChI=1S/C55H71N9O13S/c1-7-20-63(21-8-2)22-14-13-18-41(61-51(68)48(34(4)5)62-46(65)19-12-10-11-16-35-27-57-54(58-28-35)78(6,72)73)50(67)56-29-47(66)59-32-74-23-15-17-36-37-24-44-45(77-33-76-44)26-42(37)60-49-38(36)30-64-43(49)25-40-39(52(64)69)31-75-53(70)55(40,71)9-3/h24-28,34,41,48,71H,7-10,12-15,17-23,29-33H2,1-6H3,(H,56,67)(H,59,66)(H,61,68)(H,62,65)/t41?,48?,55-/m0/s1. The minimum atomic E-state index is -3.54. The van der Waals surface area contributed by atoms with Crippen molar-refractivity contribution in [3.05, 3.63) is 68.8 Å². The lowest BCUT2D eigenvalue weighted by Gasteiger charge is -2.31. The number of aryl methyl sites for hydroxylation is 1. The fraction of sp³-hybridized carbons (Fsp3) is 0.545. The number of benzene rings is 1. The van der Waals surface area contributed by atoms with Crippen molar-refractivity contribution in [2.45, 2.75) is 141 Å². The van der Waals surface area contributed by atoms with Crippen LogP contribution in [0.1, 0.15) is 127 Å². The van der Waals surface area contributed by atoms with E-state index in [0.29, 0.717) is 72.5 Å². The predicted molar refractivity (Wildman–Crippen MR) is 286 cm³/mol. The molecule has 4 aromatic rings. The summed E-state index contributed by atoms with van der Waals surface area (Å²) in [5.74, 6) is 3.77. The number of sulfone groups is 1. The lowest BCUT2D eigenvalue weighted by atomic mass is 9.86. The van der Waals surface area contributed by atoms with Crippen LogP contribution in [0.15, 0.2) is 40.5 Å². The van der Waals surface area contributed by atoms with Crippen molar-refractivity contribution in [2.75, 3.05) is 52.6 Å². The number of ether oxygens (including phenoxy) is 4. The number of esters is 1. The number of carbonyl (C=O) groups excluding carboxylic acids is 5. The van der Waals surface area contributed by atoms with Crippen LogP contribution in [0.4, 0.5) is 0 Å². The summed E-state index contributed by atoms with van der Waals surface area (Å²) in [6.07, 6.45) is 9.18. The molecule has 3 aliphatic heterocycles. The quantitative estimate of drug-likeness (QED) is 0.0166. The molecule has 3 atom stereocenters. The summed E-state index contributed by atoms with van der Waals surface area (Å²) in [6, 6.07) is 3.39. The first kappa shape index (κ1) is 58.7. The van der Waals surface area contributed by atoms with E-state index in [2.05, 4.69) is 61.8 Å². The molecule has 0 bridgehead atoms. The van der Waals surface area contributed by atoms with E-state index in [9.17, 15) is 42.3 Å². The number of fused-ring (bicyclic) bond motifs is 6. The minimum absolute atomic E-state index is 0.0153. The monoisotopic (exact) mass is 1100 g/mol. The molecule has 0 spiro atoms. The number of hydrogen-bond donors (Lipinski definition) is 5. The normalized spacial score (nSPS) is 15.9. The summed E-state index contributed by atoms with van der Waals surface area (Å²) in [7, 11) is -3.54. The van der Waals surface area contributed by atoms with Gasteiger partial charge in [0.15, 0.2) is 17.1 Å². The molecule has 4 amide bonds. The second-order valence-electron chi connectivity index (χ2n) is 20.1. The van der Waals surface area contributed by atoms with Crippen molar-refractivity contribution in [3.8, 4) is 34.7 Å². The molecule has 0 saturated carbocycles. The van der Waals surface area contributed by atoms with Crippen molar-refractivity contribution in [1.82, 2.24) is 45.7 Å². The molecule has 0 radical (unpaired) electrons. The van der Waals surface area contributed by atoms with Crippen LogP contribution in [0.5, 0.6) is 11.5 Å². The summed E-state index contributed by atoms with van der Waals surface area (Å²) in [4.78, 5) is 95.4. The van der Waals surface area contributed by atoms with E-state index in [1.165, 1.54) is 12.4 Å². The zero-order chi connectivity index (χ0) is 56.1. The Balaban J connectivity index is 0.924. The third kappa shape index (κ3) is 14.2. The van der Waals surface area contributed by atoms with Crippen molar-refractivity contribution in [1.29, 1.82) is 0 Å². The van der Waals surface area contributed by atoms with Crippen molar-refractivity contribution in [3.63, 3.8) is 0 Å². The summed E-state index contributed by atoms with van der Waals surface area (Å²) < 4.78 is 47.3. The van der Waals surface area contributed by atoms with Gasteiger partial charge in [-0.1, -0.05) is 46.5 Å². The largest absolute Gasteiger partial charge is 0.458 e. The van der Waals surface area contributed by atoms with Gasteiger partial charge in [-0.05, 0) is 101 Å². The summed E-state index contributed by atoms with van der Waals surface area (Å²) in [5, 5.41) is 22.9. The van der Waals surface area contributed by atoms with Gasteiger partial charge in [0.25, 0.3) is 5.56 Å². The van der Waals surface area contributed by atoms with E-state index in [4.69, 9.17) is 23.9 Å². The number of amides is 4. The highest BCUT2D eigenvalue weighted by Gasteiger charge is 2.45. The molecule has 0 saturated heterocycles. The Bertz CT molecular complexity index is 3110. The zero-order valence-corrected chi connectivity index (χ0v) is 46.1. The molecule has 22 nitrogen and oxygen atoms in total. The first-order valence-electron chi connectivity index (χ1n) is 26.7. The lowest BCUT2D eigenvalue weighted by Crippen LogP contribution is -2.56. The molecule has 0 aliphatic carbocycles. The van der Waals surface area contributed by atoms with Crippen molar-refractivity contribution < 1.29 is 56.4 Å². The van der Waals surface area contributed by atoms with Crippen LogP contribution in [-0.2, 0) is 68.5 Å². The Morgan fingerprint density at radius 3 is 2.32 bits per heavy atom. The zero-order valence-electron chi connectivity index (χ0n) is 45.3. The Kier molecular flexibility index (Phi) is 20.0. The molecular formula is C55H71N9O13S. The Labute approximate surface area is 454 Å². The number of nitrogens with zero attached hydrogens (tertiary/aromatic N) is 5. The van der Waals surface area contributed by atoms with E-state index < -0.39 is 51.2 Å². The molecule has 3 aliphatic rings. The SMILES string of the molecule is CCCN(CCC)CCCCC(NC(=O)C(NC(=O)CCCC#Cc1cnc(S(C)(=O)=O)nc1)C(C)C)C(=O)NCC(=O)NCOCCCc1c2c(nc3cc4c(cc13)OCO4)-c1cc3c(c(=O)n1C2)COC(=O)[C@]3(O)CC. The predicted octanol–water partition coefficient (Wildman–Crippen LogP) is 3.28. The van der Waals surface area contributed by atoms with Crippen LogP contribution in [0, 0.1) is 17.8 Å². The summed E-state index contributed by atoms with van der Waals surface area (Å²) >= 11 is 0. The van der Waals surface area contributed by atoms with E-state index in [-0.39, 0.29) is 86.3 Å². The smallest absolute Gasteiger partial charge is 0.343 e. The topological polar surface area (TPSA) is 289 Å². The average molecular weight is 1100 g/mol. The van der Waals surface area contributed by atoms with Gasteiger partial charge in [-0.25, -0.2) is 28.2 Å². The van der Waals surface area contributed by atoms with E-state index in [1.54, 1.807) is 37.5 Å². The number of aliphatic hydroxyl groups is 1. The highest BCUT2D eigenvalue weighted by Crippen LogP contribution is 2.43. The van der Waals surface area contributed by atoms with Gasteiger partial charge in [0, 0.05) is 60.7 Å². The van der Waals surface area contributed by atoms with Gasteiger partial charge in [-0.2, -0.15) is 0 Å². The molecule has 0 fully saturated rings. The fourth-order valence-corrected chi connectivity index (χ4v) is 10.3. The maximum atomic E-state index is 13.9. The Morgan fingerprint density at radius 1 is 0.897 bits per heavy atom. The van der Waals surface area contributed by atoms with Crippen molar-refractivity contribution in [2.24, 2.45) is 5.92 Å². The van der Waals surface area contributed by atoms with Crippen LogP contribution >= 0.6 is 0 Å². The highest BCUT2D eigenvalue weighted by molar-refractivity contribution is 7.90. The van der Waals surface area contributed by atoms with Crippen LogP contribution < -0.4 is 36.3 Å². The fourth-order valence-electron chi connectivity index (χ4n) is 9.78. The number of nitrogens with one attached hydrogen (secondary N) is 4. The maximum Gasteiger partial charge on any atom is 0.343 e. The van der Waals surface area contributed by atoms with Gasteiger partial charge in [-0.15, -0.1) is 0 Å². The number of carbonyl (C=O) groups is 5. The third-order valence-corrected chi connectivity index (χ3v) is 14.8. The van der Waals surface area contributed by atoms with E-state index in [1.807, 2.05) is 6.07 Å². The number of rotatable bonds is 27. The molecular weight excluding hydrogens is 1030 g/mol. The van der Waals surface area contributed by atoms with Crippen LogP contribution in [0.25, 0.3) is 22.3 Å². The van der Waals surface area contributed by atoms with E-state index in [0.717, 1.165) is 61.7 Å². The molecule has 2 unspecified atom stereocenters. The van der Waals surface area contributed by atoms with Crippen molar-refractivity contribution >= 4 is 50.3 Å². The van der Waals surface area contributed by atoms with Crippen LogP contribution in [0.2, 0.25) is 0 Å². The number of pyridine rings is 2. The molecule has 6 heterocycles. The van der Waals surface area contributed by atoms with Gasteiger partial charge in [-0.3, -0.25) is 24.0 Å². The van der Waals surface area contributed by atoms with Crippen LogP contribution in [0.3, 0.4) is 0 Å². The second kappa shape index (κ2) is 26.6. The number of hydrogen-bond acceptors (Lipinski definition) is 17. The molecule has 23 heteroatoms. The van der Waals surface area contributed by atoms with Gasteiger partial charge >= 0.3 is 5.97 Å². The maximum absolute atomic E-state index is 13.9. The van der Waals surface area contributed by atoms with Gasteiger partial charge in [0.2, 0.25) is 45.4 Å². The average Bonchev–Trinajstić information content (AvgIpc) is 4.20. The molecule has 3 aromatic heterocycles. The number of cyclic esters (lactones) is 1. The molecule has 78 heavy (non-hydrogen) atoms. The Hall–Kier alpha value is -7.00. The Morgan fingerprint density at radius 2 is 1.63 bits per heavy atom. The molecule has 7 rings (SSSR count). The first-order valence-corrected chi connectivity index (χ1v) is 28.6. The number of unbranched alkanes of at least 4 members (excludes halogenated alkanes) is 2. The summed E-state index contributed by atoms with van der Waals surface area (Å²) in [6.45, 7) is 11.9. The first-order chi connectivity index (χ1) is 37.4. The second-order valence-corrected chi connectivity index (χ2v) is 22.0. The molecule has 1 aromatic carbocycles. The third-order valence-electron chi connectivity index (χ3n) is 13.9. The van der Waals surface area contributed by atoms with E-state index >= 15 is 0 Å². The molecule has 5 N–H and O–H groups in total. The molecule has 420 valence electrons. The highest BCUT2D eigenvalue weighted by atomic mass is 32.2. The van der Waals surface area contributed by atoms with Gasteiger partial charge < -0.3 is 54.8 Å². The van der Waals surface area contributed by atoms with Gasteiger partial charge in [0.05, 0.1) is 41.1 Å². The summed E-state index contributed by atoms with van der Waals surface area (Å²) in [5.41, 5.74) is 1.85. The lowest BCUT2D eigenvalue weighted by molar-refractivity contribution is -0.172. The van der Waals surface area contributed by atoms with Gasteiger partial charge in [0.1, 0.15) is 25.4 Å². The van der Waals surface area contributed by atoms with Crippen LogP contribution in [-0.4, -0.2) is 132 Å².